The largest absolute Gasteiger partial charge is 0.393 e. The second kappa shape index (κ2) is 6.42. The Labute approximate surface area is 135 Å². The molecule has 0 spiro atoms. The van der Waals surface area contributed by atoms with Crippen molar-refractivity contribution in [2.75, 3.05) is 31.1 Å². The van der Waals surface area contributed by atoms with Gasteiger partial charge in [0.1, 0.15) is 11.0 Å². The number of aromatic nitrogens is 1. The predicted octanol–water partition coefficient (Wildman–Crippen LogP) is 2.18. The van der Waals surface area contributed by atoms with Crippen LogP contribution in [-0.4, -0.2) is 53.2 Å². The van der Waals surface area contributed by atoms with Crippen LogP contribution in [-0.2, 0) is 0 Å². The highest BCUT2D eigenvalue weighted by molar-refractivity contribution is 6.29. The molecule has 3 heterocycles. The van der Waals surface area contributed by atoms with Crippen LogP contribution >= 0.6 is 11.6 Å². The fraction of sp³-hybridized carbons (Fsp3) is 0.625. The summed E-state index contributed by atoms with van der Waals surface area (Å²) < 4.78 is 0. The van der Waals surface area contributed by atoms with Crippen molar-refractivity contribution >= 4 is 23.3 Å². The molecule has 1 aromatic rings. The van der Waals surface area contributed by atoms with Crippen LogP contribution in [0.3, 0.4) is 0 Å². The molecule has 6 heteroatoms. The van der Waals surface area contributed by atoms with Gasteiger partial charge in [-0.1, -0.05) is 11.6 Å². The van der Waals surface area contributed by atoms with Gasteiger partial charge in [0.2, 0.25) is 0 Å². The van der Waals surface area contributed by atoms with Crippen molar-refractivity contribution in [2.24, 2.45) is 5.92 Å². The molecule has 120 valence electrons. The highest BCUT2D eigenvalue weighted by atomic mass is 35.5. The average Bonchev–Trinajstić information content (AvgIpc) is 3.17. The first-order valence-corrected chi connectivity index (χ1v) is 8.32. The Morgan fingerprint density at radius 3 is 2.73 bits per heavy atom. The van der Waals surface area contributed by atoms with Crippen LogP contribution in [0.5, 0.6) is 0 Å². The van der Waals surface area contributed by atoms with E-state index in [-0.39, 0.29) is 17.9 Å². The molecular weight excluding hydrogens is 302 g/mol. The second-order valence-electron chi connectivity index (χ2n) is 6.27. The zero-order valence-corrected chi connectivity index (χ0v) is 13.6. The Bertz CT molecular complexity index is 558. The van der Waals surface area contributed by atoms with Crippen LogP contribution in [0.25, 0.3) is 0 Å². The topological polar surface area (TPSA) is 56.7 Å². The molecule has 0 radical (unpaired) electrons. The number of pyridine rings is 1. The van der Waals surface area contributed by atoms with E-state index in [4.69, 9.17) is 11.6 Å². The van der Waals surface area contributed by atoms with Crippen LogP contribution in [0.1, 0.15) is 36.5 Å². The van der Waals surface area contributed by atoms with Gasteiger partial charge in [0.25, 0.3) is 5.91 Å². The first-order chi connectivity index (χ1) is 10.5. The molecule has 0 aliphatic carbocycles. The lowest BCUT2D eigenvalue weighted by molar-refractivity contribution is 0.0762. The van der Waals surface area contributed by atoms with Gasteiger partial charge < -0.3 is 14.9 Å². The zero-order valence-electron chi connectivity index (χ0n) is 12.8. The van der Waals surface area contributed by atoms with Crippen LogP contribution in [0.2, 0.25) is 5.15 Å². The number of rotatable bonds is 3. The quantitative estimate of drug-likeness (QED) is 0.866. The number of likely N-dealkylation sites (tertiary alicyclic amines) is 1. The van der Waals surface area contributed by atoms with Gasteiger partial charge in [-0.25, -0.2) is 4.98 Å². The molecule has 1 N–H and O–H groups in total. The predicted molar refractivity (Wildman–Crippen MR) is 86.4 cm³/mol. The van der Waals surface area contributed by atoms with Gasteiger partial charge in [0.05, 0.1) is 6.10 Å². The first kappa shape index (κ1) is 15.6. The minimum Gasteiger partial charge on any atom is -0.393 e. The number of carbonyl (C=O) groups excluding carboxylic acids is 1. The van der Waals surface area contributed by atoms with E-state index in [9.17, 15) is 9.90 Å². The maximum absolute atomic E-state index is 12.7. The van der Waals surface area contributed by atoms with Gasteiger partial charge in [0.15, 0.2) is 0 Å². The van der Waals surface area contributed by atoms with Crippen molar-refractivity contribution < 1.29 is 9.90 Å². The zero-order chi connectivity index (χ0) is 15.7. The summed E-state index contributed by atoms with van der Waals surface area (Å²) in [6, 6.07) is 3.48. The number of aliphatic hydroxyl groups excluding tert-OH is 1. The lowest BCUT2D eigenvalue weighted by atomic mass is 10.0. The number of carbonyl (C=O) groups is 1. The Morgan fingerprint density at radius 1 is 1.36 bits per heavy atom. The molecule has 0 saturated carbocycles. The summed E-state index contributed by atoms with van der Waals surface area (Å²) >= 11 is 6.11. The lowest BCUT2D eigenvalue weighted by Crippen LogP contribution is -2.30. The maximum atomic E-state index is 12.7. The smallest absolute Gasteiger partial charge is 0.254 e. The molecule has 2 fully saturated rings. The molecule has 1 amide bonds. The van der Waals surface area contributed by atoms with Gasteiger partial charge >= 0.3 is 0 Å². The molecule has 1 aromatic heterocycles. The SMILES string of the molecule is CC(O)C1CCN(C(=O)c2cc(Cl)nc(N3CCCC3)c2)C1. The second-order valence-corrected chi connectivity index (χ2v) is 6.66. The molecule has 2 aliphatic heterocycles. The highest BCUT2D eigenvalue weighted by Crippen LogP contribution is 2.25. The van der Waals surface area contributed by atoms with Gasteiger partial charge in [-0.05, 0) is 38.3 Å². The van der Waals surface area contributed by atoms with E-state index in [0.29, 0.717) is 23.8 Å². The van der Waals surface area contributed by atoms with Crippen molar-refractivity contribution in [3.8, 4) is 0 Å². The monoisotopic (exact) mass is 323 g/mol. The molecule has 2 saturated heterocycles. The molecule has 5 nitrogen and oxygen atoms in total. The van der Waals surface area contributed by atoms with E-state index in [1.807, 2.05) is 6.07 Å². The summed E-state index contributed by atoms with van der Waals surface area (Å²) in [5.41, 5.74) is 0.591. The number of hydrogen-bond donors (Lipinski definition) is 1. The number of anilines is 1. The summed E-state index contributed by atoms with van der Waals surface area (Å²) in [7, 11) is 0. The third-order valence-corrected chi connectivity index (χ3v) is 4.85. The normalized spacial score (nSPS) is 23.1. The molecule has 2 aliphatic rings. The maximum Gasteiger partial charge on any atom is 0.254 e. The molecule has 3 rings (SSSR count). The number of hydrogen-bond acceptors (Lipinski definition) is 4. The minimum absolute atomic E-state index is 0.0205. The number of aliphatic hydroxyl groups is 1. The van der Waals surface area contributed by atoms with E-state index >= 15 is 0 Å². The van der Waals surface area contributed by atoms with Gasteiger partial charge in [-0.3, -0.25) is 4.79 Å². The standard InChI is InChI=1S/C16H22ClN3O2/c1-11(21)12-4-7-20(10-12)16(22)13-8-14(17)18-15(9-13)19-5-2-3-6-19/h8-9,11-12,21H,2-7,10H2,1H3. The third kappa shape index (κ3) is 3.20. The van der Waals surface area contributed by atoms with Gasteiger partial charge in [0, 0.05) is 37.7 Å². The molecule has 2 atom stereocenters. The molecular formula is C16H22ClN3O2. The Kier molecular flexibility index (Phi) is 4.54. The molecule has 2 unspecified atom stereocenters. The summed E-state index contributed by atoms with van der Waals surface area (Å²) in [6.07, 6.45) is 2.78. The van der Waals surface area contributed by atoms with Crippen molar-refractivity contribution in [1.82, 2.24) is 9.88 Å². The fourth-order valence-corrected chi connectivity index (χ4v) is 3.47. The van der Waals surface area contributed by atoms with Crippen LogP contribution in [0, 0.1) is 5.92 Å². The minimum atomic E-state index is -0.376. The van der Waals surface area contributed by atoms with Crippen LogP contribution in [0.4, 0.5) is 5.82 Å². The summed E-state index contributed by atoms with van der Waals surface area (Å²) in [4.78, 5) is 21.0. The van der Waals surface area contributed by atoms with E-state index in [1.165, 1.54) is 0 Å². The van der Waals surface area contributed by atoms with E-state index < -0.39 is 0 Å². The van der Waals surface area contributed by atoms with E-state index in [2.05, 4.69) is 9.88 Å². The molecule has 0 aromatic carbocycles. The van der Waals surface area contributed by atoms with Gasteiger partial charge in [-0.15, -0.1) is 0 Å². The number of nitrogens with zero attached hydrogens (tertiary/aromatic N) is 3. The van der Waals surface area contributed by atoms with Crippen molar-refractivity contribution in [2.45, 2.75) is 32.3 Å². The van der Waals surface area contributed by atoms with E-state index in [1.54, 1.807) is 17.9 Å². The fourth-order valence-electron chi connectivity index (χ4n) is 3.26. The van der Waals surface area contributed by atoms with Gasteiger partial charge in [-0.2, -0.15) is 0 Å². The lowest BCUT2D eigenvalue weighted by Gasteiger charge is -2.20. The Hall–Kier alpha value is -1.33. The molecule has 0 bridgehead atoms. The van der Waals surface area contributed by atoms with Crippen molar-refractivity contribution in [3.05, 3.63) is 22.8 Å². The molecule has 22 heavy (non-hydrogen) atoms. The summed E-state index contributed by atoms with van der Waals surface area (Å²) in [5.74, 6) is 0.937. The highest BCUT2D eigenvalue weighted by Gasteiger charge is 2.30. The number of amides is 1. The summed E-state index contributed by atoms with van der Waals surface area (Å²) in [6.45, 7) is 5.01. The average molecular weight is 324 g/mol. The van der Waals surface area contributed by atoms with E-state index in [0.717, 1.165) is 38.2 Å². The number of halogens is 1. The first-order valence-electron chi connectivity index (χ1n) is 7.94. The van der Waals surface area contributed by atoms with Crippen molar-refractivity contribution in [1.29, 1.82) is 0 Å². The Balaban J connectivity index is 1.77. The van der Waals surface area contributed by atoms with Crippen LogP contribution in [0.15, 0.2) is 12.1 Å². The Morgan fingerprint density at radius 2 is 2.09 bits per heavy atom. The van der Waals surface area contributed by atoms with Crippen LogP contribution < -0.4 is 4.90 Å². The third-order valence-electron chi connectivity index (χ3n) is 4.65. The van der Waals surface area contributed by atoms with Crippen molar-refractivity contribution in [3.63, 3.8) is 0 Å². The summed E-state index contributed by atoms with van der Waals surface area (Å²) in [5, 5.41) is 10.0.